The quantitative estimate of drug-likeness (QED) is 0.351. The second kappa shape index (κ2) is 7.46. The third-order valence-electron chi connectivity index (χ3n) is 6.00. The molecule has 0 aliphatic carbocycles. The molecule has 0 atom stereocenters. The summed E-state index contributed by atoms with van der Waals surface area (Å²) < 4.78 is 3.12. The van der Waals surface area contributed by atoms with E-state index in [2.05, 4.69) is 4.98 Å². The van der Waals surface area contributed by atoms with Gasteiger partial charge in [-0.3, -0.25) is 23.7 Å². The number of nitrogens with zero attached hydrogens (tertiary/aromatic N) is 3. The number of benzene rings is 2. The highest BCUT2D eigenvalue weighted by molar-refractivity contribution is 6.31. The van der Waals surface area contributed by atoms with E-state index in [1.807, 2.05) is 51.1 Å². The molecule has 0 spiro atoms. The van der Waals surface area contributed by atoms with Crippen LogP contribution in [0.5, 0.6) is 0 Å². The number of rotatable bonds is 2. The van der Waals surface area contributed by atoms with Crippen LogP contribution in [0.3, 0.4) is 0 Å². The minimum Gasteiger partial charge on any atom is -0.284 e. The van der Waals surface area contributed by atoms with Crippen LogP contribution in [0.1, 0.15) is 16.7 Å². The van der Waals surface area contributed by atoms with Crippen LogP contribution in [0.4, 0.5) is 0 Å². The molecular formula is C26H20ClN3O2. The summed E-state index contributed by atoms with van der Waals surface area (Å²) in [4.78, 5) is 31.2. The first-order valence-electron chi connectivity index (χ1n) is 10.2. The highest BCUT2D eigenvalue weighted by Gasteiger charge is 2.14. The van der Waals surface area contributed by atoms with E-state index in [-0.39, 0.29) is 11.1 Å². The summed E-state index contributed by atoms with van der Waals surface area (Å²) >= 11 is 6.26. The molecule has 0 unspecified atom stereocenters. The normalized spacial score (nSPS) is 11.4. The second-order valence-electron chi connectivity index (χ2n) is 8.03. The zero-order valence-electron chi connectivity index (χ0n) is 17.9. The van der Waals surface area contributed by atoms with Gasteiger partial charge in [-0.1, -0.05) is 23.7 Å². The van der Waals surface area contributed by atoms with E-state index >= 15 is 0 Å². The predicted molar refractivity (Wildman–Crippen MR) is 130 cm³/mol. The fourth-order valence-corrected chi connectivity index (χ4v) is 4.10. The van der Waals surface area contributed by atoms with Crippen molar-refractivity contribution in [3.05, 3.63) is 110 Å². The smallest absolute Gasteiger partial charge is 0.265 e. The van der Waals surface area contributed by atoms with E-state index in [1.54, 1.807) is 35.2 Å². The molecule has 0 fully saturated rings. The van der Waals surface area contributed by atoms with Crippen molar-refractivity contribution in [1.29, 1.82) is 0 Å². The number of fused-ring (bicyclic) bond motifs is 3. The number of hydrogen-bond acceptors (Lipinski definition) is 3. The molecule has 0 saturated carbocycles. The Balaban J connectivity index is 1.78. The largest absolute Gasteiger partial charge is 0.284 e. The molecule has 0 radical (unpaired) electrons. The van der Waals surface area contributed by atoms with Gasteiger partial charge in [0, 0.05) is 34.7 Å². The molecule has 0 aliphatic rings. The fraction of sp³-hybridized carbons (Fsp3) is 0.115. The van der Waals surface area contributed by atoms with Gasteiger partial charge in [0.05, 0.1) is 22.0 Å². The Hall–Kier alpha value is -3.70. The van der Waals surface area contributed by atoms with Gasteiger partial charge in [0.1, 0.15) is 0 Å². The van der Waals surface area contributed by atoms with Gasteiger partial charge < -0.3 is 0 Å². The molecule has 5 nitrogen and oxygen atoms in total. The molecule has 0 aliphatic heterocycles. The van der Waals surface area contributed by atoms with Crippen LogP contribution in [-0.2, 0) is 0 Å². The van der Waals surface area contributed by atoms with Crippen LogP contribution in [0.25, 0.3) is 33.1 Å². The van der Waals surface area contributed by atoms with Crippen molar-refractivity contribution >= 4 is 33.3 Å². The van der Waals surface area contributed by atoms with Crippen LogP contribution in [0.15, 0.2) is 76.7 Å². The lowest BCUT2D eigenvalue weighted by molar-refractivity contribution is 0.996. The Kier molecular flexibility index (Phi) is 4.72. The van der Waals surface area contributed by atoms with E-state index < -0.39 is 0 Å². The zero-order chi connectivity index (χ0) is 22.6. The Labute approximate surface area is 189 Å². The second-order valence-corrected chi connectivity index (χ2v) is 8.44. The topological polar surface area (TPSA) is 56.9 Å². The van der Waals surface area contributed by atoms with E-state index in [9.17, 15) is 9.59 Å². The van der Waals surface area contributed by atoms with Crippen LogP contribution >= 0.6 is 11.6 Å². The van der Waals surface area contributed by atoms with Crippen molar-refractivity contribution in [3.63, 3.8) is 0 Å². The molecule has 3 heterocycles. The molecule has 6 heteroatoms. The summed E-state index contributed by atoms with van der Waals surface area (Å²) in [5, 5.41) is 1.97. The van der Waals surface area contributed by atoms with Crippen molar-refractivity contribution in [2.24, 2.45) is 0 Å². The minimum absolute atomic E-state index is 0.209. The van der Waals surface area contributed by atoms with Gasteiger partial charge in [-0.05, 0) is 73.9 Å². The van der Waals surface area contributed by atoms with Crippen LogP contribution in [-0.4, -0.2) is 14.1 Å². The molecule has 0 amide bonds. The zero-order valence-corrected chi connectivity index (χ0v) is 18.6. The van der Waals surface area contributed by atoms with E-state index in [1.165, 1.54) is 10.8 Å². The number of aryl methyl sites for hydroxylation is 3. The fourth-order valence-electron chi connectivity index (χ4n) is 3.93. The third-order valence-corrected chi connectivity index (χ3v) is 6.41. The average molecular weight is 442 g/mol. The van der Waals surface area contributed by atoms with Crippen LogP contribution < -0.4 is 11.1 Å². The van der Waals surface area contributed by atoms with E-state index in [0.29, 0.717) is 32.4 Å². The lowest BCUT2D eigenvalue weighted by Gasteiger charge is -2.12. The average Bonchev–Trinajstić information content (AvgIpc) is 2.78. The molecule has 0 bridgehead atoms. The molecule has 0 saturated heterocycles. The molecule has 2 aromatic carbocycles. The summed E-state index contributed by atoms with van der Waals surface area (Å²) in [7, 11) is 0. The minimum atomic E-state index is -0.252. The number of aromatic nitrogens is 3. The molecule has 32 heavy (non-hydrogen) atoms. The maximum Gasteiger partial charge on any atom is 0.265 e. The maximum atomic E-state index is 13.5. The van der Waals surface area contributed by atoms with Gasteiger partial charge in [0.2, 0.25) is 0 Å². The van der Waals surface area contributed by atoms with Crippen LogP contribution in [0.2, 0.25) is 5.02 Å². The van der Waals surface area contributed by atoms with Gasteiger partial charge in [-0.15, -0.1) is 0 Å². The summed E-state index contributed by atoms with van der Waals surface area (Å²) in [6.45, 7) is 5.96. The molecular weight excluding hydrogens is 422 g/mol. The monoisotopic (exact) mass is 441 g/mol. The summed E-state index contributed by atoms with van der Waals surface area (Å²) in [5.74, 6) is 0. The molecule has 158 valence electrons. The maximum absolute atomic E-state index is 13.5. The van der Waals surface area contributed by atoms with E-state index in [4.69, 9.17) is 11.6 Å². The van der Waals surface area contributed by atoms with Gasteiger partial charge in [0.15, 0.2) is 0 Å². The first-order chi connectivity index (χ1) is 15.3. The highest BCUT2D eigenvalue weighted by Crippen LogP contribution is 2.22. The predicted octanol–water partition coefficient (Wildman–Crippen LogP) is 5.27. The number of pyridine rings is 3. The summed E-state index contributed by atoms with van der Waals surface area (Å²) in [6, 6.07) is 15.0. The Morgan fingerprint density at radius 3 is 2.09 bits per heavy atom. The summed E-state index contributed by atoms with van der Waals surface area (Å²) in [5.41, 5.74) is 4.73. The Bertz CT molecular complexity index is 1660. The lowest BCUT2D eigenvalue weighted by atomic mass is 10.1. The Morgan fingerprint density at radius 1 is 0.719 bits per heavy atom. The van der Waals surface area contributed by atoms with Gasteiger partial charge in [-0.25, -0.2) is 0 Å². The van der Waals surface area contributed by atoms with Crippen molar-refractivity contribution in [2.75, 3.05) is 0 Å². The molecule has 0 N–H and O–H groups in total. The Morgan fingerprint density at radius 2 is 1.38 bits per heavy atom. The number of halogens is 1. The van der Waals surface area contributed by atoms with Gasteiger partial charge >= 0.3 is 0 Å². The number of hydrogen-bond donors (Lipinski definition) is 0. The van der Waals surface area contributed by atoms with Crippen LogP contribution in [0, 0.1) is 20.8 Å². The molecule has 5 aromatic rings. The summed E-state index contributed by atoms with van der Waals surface area (Å²) in [6.07, 6.45) is 4.94. The standard InChI is InChI=1S/C26H20ClN3O2/c1-15-4-6-18(12-17(15)3)30-11-9-23-24(26(30)32)20-8-10-29(25(31)21(20)14-28-23)19-7-5-16(2)22(27)13-19/h4-14H,1-3H3. The van der Waals surface area contributed by atoms with Gasteiger partial charge in [-0.2, -0.15) is 0 Å². The molecule has 5 rings (SSSR count). The molecule has 3 aromatic heterocycles. The van der Waals surface area contributed by atoms with Crippen molar-refractivity contribution in [3.8, 4) is 11.4 Å². The van der Waals surface area contributed by atoms with Crippen molar-refractivity contribution in [1.82, 2.24) is 14.1 Å². The SMILES string of the molecule is Cc1ccc(-n2ccc3ncc4c(=O)n(-c5ccc(C)c(Cl)c5)ccc4c3c2=O)cc1C. The van der Waals surface area contributed by atoms with E-state index in [0.717, 1.165) is 22.4 Å². The lowest BCUT2D eigenvalue weighted by Crippen LogP contribution is -2.21. The third kappa shape index (κ3) is 3.13. The first-order valence-corrected chi connectivity index (χ1v) is 10.6. The van der Waals surface area contributed by atoms with Crippen molar-refractivity contribution in [2.45, 2.75) is 20.8 Å². The first kappa shape index (κ1) is 20.2. The highest BCUT2D eigenvalue weighted by atomic mass is 35.5. The van der Waals surface area contributed by atoms with Gasteiger partial charge in [0.25, 0.3) is 11.1 Å². The van der Waals surface area contributed by atoms with Crippen molar-refractivity contribution < 1.29 is 0 Å².